The standard InChI is InChI=1S/C15H24ClN3O2.ClH/c1-15(2,9-17)10-19(3)8-14(20)18-12-7-11(16)5-6-13(12)21-4;/h5-7H,8-10,17H2,1-4H3,(H,18,20);1H. The molecule has 1 aromatic rings. The van der Waals surface area contributed by atoms with Gasteiger partial charge in [0.2, 0.25) is 5.91 Å². The molecule has 0 aliphatic heterocycles. The number of hydrogen-bond acceptors (Lipinski definition) is 4. The molecule has 22 heavy (non-hydrogen) atoms. The van der Waals surface area contributed by atoms with Crippen molar-refractivity contribution in [3.8, 4) is 5.75 Å². The van der Waals surface area contributed by atoms with Crippen molar-refractivity contribution in [1.82, 2.24) is 4.90 Å². The minimum Gasteiger partial charge on any atom is -0.495 e. The summed E-state index contributed by atoms with van der Waals surface area (Å²) >= 11 is 5.94. The zero-order valence-corrected chi connectivity index (χ0v) is 15.1. The molecular formula is C15H25Cl2N3O2. The number of hydrogen-bond donors (Lipinski definition) is 2. The summed E-state index contributed by atoms with van der Waals surface area (Å²) in [5.41, 5.74) is 6.25. The molecule has 0 aliphatic rings. The van der Waals surface area contributed by atoms with Crippen LogP contribution in [0.4, 0.5) is 5.69 Å². The fourth-order valence-corrected chi connectivity index (χ4v) is 2.24. The summed E-state index contributed by atoms with van der Waals surface area (Å²) in [7, 11) is 3.45. The van der Waals surface area contributed by atoms with Crippen molar-refractivity contribution < 1.29 is 9.53 Å². The third kappa shape index (κ3) is 6.83. The third-order valence-electron chi connectivity index (χ3n) is 3.10. The number of likely N-dealkylation sites (N-methyl/N-ethyl adjacent to an activating group) is 1. The van der Waals surface area contributed by atoms with E-state index in [1.54, 1.807) is 25.3 Å². The highest BCUT2D eigenvalue weighted by molar-refractivity contribution is 6.31. The predicted molar refractivity (Wildman–Crippen MR) is 94.2 cm³/mol. The summed E-state index contributed by atoms with van der Waals surface area (Å²) in [6, 6.07) is 5.10. The maximum absolute atomic E-state index is 12.1. The highest BCUT2D eigenvalue weighted by atomic mass is 35.5. The van der Waals surface area contributed by atoms with Gasteiger partial charge in [0, 0.05) is 11.6 Å². The maximum Gasteiger partial charge on any atom is 0.238 e. The fourth-order valence-electron chi connectivity index (χ4n) is 2.06. The number of carbonyl (C=O) groups is 1. The summed E-state index contributed by atoms with van der Waals surface area (Å²) in [6.45, 7) is 5.73. The Morgan fingerprint density at radius 3 is 2.64 bits per heavy atom. The predicted octanol–water partition coefficient (Wildman–Crippen LogP) is 2.63. The first-order valence-corrected chi connectivity index (χ1v) is 7.17. The van der Waals surface area contributed by atoms with E-state index >= 15 is 0 Å². The van der Waals surface area contributed by atoms with Gasteiger partial charge in [0.05, 0.1) is 19.3 Å². The Morgan fingerprint density at radius 1 is 1.45 bits per heavy atom. The van der Waals surface area contributed by atoms with Crippen molar-refractivity contribution in [2.24, 2.45) is 11.1 Å². The first-order valence-electron chi connectivity index (χ1n) is 6.79. The molecule has 0 bridgehead atoms. The quantitative estimate of drug-likeness (QED) is 0.793. The van der Waals surface area contributed by atoms with Gasteiger partial charge in [-0.05, 0) is 37.2 Å². The van der Waals surface area contributed by atoms with Gasteiger partial charge in [0.25, 0.3) is 0 Å². The molecule has 0 unspecified atom stereocenters. The molecule has 1 aromatic carbocycles. The third-order valence-corrected chi connectivity index (χ3v) is 3.33. The van der Waals surface area contributed by atoms with Crippen LogP contribution in [0.5, 0.6) is 5.75 Å². The lowest BCUT2D eigenvalue weighted by atomic mass is 9.93. The average Bonchev–Trinajstić information content (AvgIpc) is 2.38. The Morgan fingerprint density at radius 2 is 2.09 bits per heavy atom. The van der Waals surface area contributed by atoms with E-state index in [1.807, 2.05) is 11.9 Å². The van der Waals surface area contributed by atoms with Gasteiger partial charge in [-0.15, -0.1) is 12.4 Å². The molecule has 1 rings (SSSR count). The van der Waals surface area contributed by atoms with E-state index < -0.39 is 0 Å². The number of methoxy groups -OCH3 is 1. The molecule has 1 amide bonds. The summed E-state index contributed by atoms with van der Waals surface area (Å²) in [4.78, 5) is 14.0. The molecule has 0 spiro atoms. The molecule has 0 saturated heterocycles. The van der Waals surface area contributed by atoms with Crippen LogP contribution in [0.15, 0.2) is 18.2 Å². The Kier molecular flexibility index (Phi) is 8.78. The number of halogens is 2. The van der Waals surface area contributed by atoms with Crippen LogP contribution in [0.25, 0.3) is 0 Å². The van der Waals surface area contributed by atoms with Crippen LogP contribution in [0.2, 0.25) is 5.02 Å². The molecule has 126 valence electrons. The van der Waals surface area contributed by atoms with E-state index in [0.29, 0.717) is 23.0 Å². The van der Waals surface area contributed by atoms with E-state index in [1.165, 1.54) is 0 Å². The Balaban J connectivity index is 0.00000441. The van der Waals surface area contributed by atoms with Crippen LogP contribution in [0.1, 0.15) is 13.8 Å². The Labute approximate surface area is 143 Å². The lowest BCUT2D eigenvalue weighted by Gasteiger charge is -2.28. The van der Waals surface area contributed by atoms with Gasteiger partial charge in [0.1, 0.15) is 5.75 Å². The van der Waals surface area contributed by atoms with E-state index in [2.05, 4.69) is 19.2 Å². The van der Waals surface area contributed by atoms with E-state index in [0.717, 1.165) is 6.54 Å². The van der Waals surface area contributed by atoms with Gasteiger partial charge in [0.15, 0.2) is 0 Å². The zero-order valence-electron chi connectivity index (χ0n) is 13.5. The topological polar surface area (TPSA) is 67.6 Å². The smallest absolute Gasteiger partial charge is 0.238 e. The highest BCUT2D eigenvalue weighted by Crippen LogP contribution is 2.27. The average molecular weight is 350 g/mol. The second-order valence-corrected chi connectivity index (χ2v) is 6.37. The normalized spacial score (nSPS) is 11.0. The lowest BCUT2D eigenvalue weighted by molar-refractivity contribution is -0.117. The maximum atomic E-state index is 12.1. The van der Waals surface area contributed by atoms with E-state index in [4.69, 9.17) is 22.1 Å². The van der Waals surface area contributed by atoms with Crippen molar-refractivity contribution in [2.45, 2.75) is 13.8 Å². The van der Waals surface area contributed by atoms with Gasteiger partial charge in [-0.2, -0.15) is 0 Å². The van der Waals surface area contributed by atoms with E-state index in [-0.39, 0.29) is 30.3 Å². The van der Waals surface area contributed by atoms with Crippen molar-refractivity contribution in [2.75, 3.05) is 39.1 Å². The molecule has 0 heterocycles. The number of nitrogens with zero attached hydrogens (tertiary/aromatic N) is 1. The van der Waals surface area contributed by atoms with Crippen molar-refractivity contribution in [3.05, 3.63) is 23.2 Å². The molecule has 0 radical (unpaired) electrons. The lowest BCUT2D eigenvalue weighted by Crippen LogP contribution is -2.40. The number of benzene rings is 1. The fraction of sp³-hybridized carbons (Fsp3) is 0.533. The molecule has 5 nitrogen and oxygen atoms in total. The number of nitrogens with two attached hydrogens (primary N) is 1. The second kappa shape index (κ2) is 9.20. The first kappa shape index (κ1) is 21.0. The van der Waals surface area contributed by atoms with Gasteiger partial charge < -0.3 is 15.8 Å². The molecule has 0 aromatic heterocycles. The van der Waals surface area contributed by atoms with Crippen LogP contribution >= 0.6 is 24.0 Å². The molecule has 0 saturated carbocycles. The van der Waals surface area contributed by atoms with Gasteiger partial charge in [-0.1, -0.05) is 25.4 Å². The van der Waals surface area contributed by atoms with Crippen LogP contribution in [-0.4, -0.2) is 44.6 Å². The number of nitrogens with one attached hydrogen (secondary N) is 1. The van der Waals surface area contributed by atoms with Crippen LogP contribution in [0.3, 0.4) is 0 Å². The van der Waals surface area contributed by atoms with Crippen molar-refractivity contribution in [3.63, 3.8) is 0 Å². The van der Waals surface area contributed by atoms with E-state index in [9.17, 15) is 4.79 Å². The van der Waals surface area contributed by atoms with Gasteiger partial charge in [-0.3, -0.25) is 9.69 Å². The molecule has 7 heteroatoms. The number of rotatable bonds is 7. The summed E-state index contributed by atoms with van der Waals surface area (Å²) < 4.78 is 5.20. The second-order valence-electron chi connectivity index (χ2n) is 5.93. The largest absolute Gasteiger partial charge is 0.495 e. The van der Waals surface area contributed by atoms with Crippen LogP contribution in [0, 0.1) is 5.41 Å². The monoisotopic (exact) mass is 349 g/mol. The van der Waals surface area contributed by atoms with Crippen molar-refractivity contribution >= 4 is 35.6 Å². The number of carbonyl (C=O) groups excluding carboxylic acids is 1. The number of anilines is 1. The minimum absolute atomic E-state index is 0. The SMILES string of the molecule is COc1ccc(Cl)cc1NC(=O)CN(C)CC(C)(C)CN.Cl. The number of amides is 1. The summed E-state index contributed by atoms with van der Waals surface area (Å²) in [6.07, 6.45) is 0. The molecule has 3 N–H and O–H groups in total. The number of ether oxygens (including phenoxy) is 1. The Hall–Kier alpha value is -1.01. The van der Waals surface area contributed by atoms with Crippen molar-refractivity contribution in [1.29, 1.82) is 0 Å². The molecule has 0 atom stereocenters. The molecular weight excluding hydrogens is 325 g/mol. The molecule has 0 aliphatic carbocycles. The van der Waals surface area contributed by atoms with Crippen LogP contribution < -0.4 is 15.8 Å². The molecule has 0 fully saturated rings. The zero-order chi connectivity index (χ0) is 16.0. The summed E-state index contributed by atoms with van der Waals surface area (Å²) in [5.74, 6) is 0.462. The van der Waals surface area contributed by atoms with Crippen LogP contribution in [-0.2, 0) is 4.79 Å². The van der Waals surface area contributed by atoms with Gasteiger partial charge in [-0.25, -0.2) is 0 Å². The Bertz CT molecular complexity index is 496. The van der Waals surface area contributed by atoms with Gasteiger partial charge >= 0.3 is 0 Å². The highest BCUT2D eigenvalue weighted by Gasteiger charge is 2.19. The minimum atomic E-state index is -0.120. The summed E-state index contributed by atoms with van der Waals surface area (Å²) in [5, 5.41) is 3.36. The first-order chi connectivity index (χ1) is 9.77.